The highest BCUT2D eigenvalue weighted by atomic mass is 32.2. The first-order valence-electron chi connectivity index (χ1n) is 10.2. The Bertz CT molecular complexity index is 931. The molecule has 1 aliphatic rings. The lowest BCUT2D eigenvalue weighted by Crippen LogP contribution is -2.33. The van der Waals surface area contributed by atoms with Gasteiger partial charge in [-0.1, -0.05) is 36.4 Å². The molecule has 0 radical (unpaired) electrons. The van der Waals surface area contributed by atoms with Crippen molar-refractivity contribution in [2.24, 2.45) is 0 Å². The van der Waals surface area contributed by atoms with Crippen LogP contribution < -0.4 is 4.74 Å². The Morgan fingerprint density at radius 2 is 1.93 bits per heavy atom. The van der Waals surface area contributed by atoms with Crippen LogP contribution in [0.25, 0.3) is 0 Å². The highest BCUT2D eigenvalue weighted by molar-refractivity contribution is 7.98. The number of ether oxygens (including phenoxy) is 1. The third-order valence-corrected chi connectivity index (χ3v) is 6.45. The maximum absolute atomic E-state index is 5.41. The first kappa shape index (κ1) is 19.9. The van der Waals surface area contributed by atoms with E-state index in [2.05, 4.69) is 70.3 Å². The topological polar surface area (TPSA) is 38.2 Å². The molecule has 2 aromatic carbocycles. The maximum Gasteiger partial charge on any atom is 0.232 e. The molecule has 0 aliphatic carbocycles. The number of hydrogen-bond donors (Lipinski definition) is 0. The third-order valence-electron chi connectivity index (χ3n) is 5.38. The first-order valence-corrected chi connectivity index (χ1v) is 11.2. The molecule has 1 atom stereocenters. The Morgan fingerprint density at radius 3 is 2.69 bits per heavy atom. The molecule has 0 bridgehead atoms. The van der Waals surface area contributed by atoms with Gasteiger partial charge in [0.2, 0.25) is 5.88 Å². The third kappa shape index (κ3) is 4.98. The van der Waals surface area contributed by atoms with Gasteiger partial charge in [-0.15, -0.1) is 11.8 Å². The molecule has 4 rings (SSSR count). The second-order valence-corrected chi connectivity index (χ2v) is 8.36. The van der Waals surface area contributed by atoms with E-state index in [4.69, 9.17) is 4.74 Å². The number of benzene rings is 2. The number of hydrogen-bond acceptors (Lipinski definition) is 5. The Balaban J connectivity index is 1.42. The highest BCUT2D eigenvalue weighted by Crippen LogP contribution is 2.31. The van der Waals surface area contributed by atoms with Crippen LogP contribution in [0.2, 0.25) is 0 Å². The van der Waals surface area contributed by atoms with E-state index < -0.39 is 0 Å². The minimum absolute atomic E-state index is 0.229. The number of thioether (sulfide) groups is 1. The average molecular weight is 406 g/mol. The lowest BCUT2D eigenvalue weighted by molar-refractivity contribution is 0.188. The fourth-order valence-electron chi connectivity index (χ4n) is 3.67. The van der Waals surface area contributed by atoms with Gasteiger partial charge in [-0.2, -0.15) is 0 Å². The smallest absolute Gasteiger partial charge is 0.232 e. The van der Waals surface area contributed by atoms with E-state index in [1.807, 2.05) is 24.9 Å². The van der Waals surface area contributed by atoms with Crippen LogP contribution in [0.3, 0.4) is 0 Å². The van der Waals surface area contributed by atoms with E-state index in [-0.39, 0.29) is 6.04 Å². The second-order valence-electron chi connectivity index (χ2n) is 7.31. The summed E-state index contributed by atoms with van der Waals surface area (Å²) in [5, 5.41) is 0. The standard InChI is InChI=1S/C24H27N3OS/c1-3-28-24-15-25-23(14-26-24)18(2)27-12-11-20-9-10-22(13-21(20)16-27)29-17-19-7-5-4-6-8-19/h4-10,13-15,18H,3,11-12,16-17H2,1-2H3/t18-/m1/s1. The van der Waals surface area contributed by atoms with Gasteiger partial charge < -0.3 is 4.74 Å². The van der Waals surface area contributed by atoms with Crippen molar-refractivity contribution >= 4 is 11.8 Å². The minimum atomic E-state index is 0.229. The lowest BCUT2D eigenvalue weighted by atomic mass is 9.98. The molecule has 0 N–H and O–H groups in total. The van der Waals surface area contributed by atoms with Crippen LogP contribution in [-0.2, 0) is 18.7 Å². The number of rotatable bonds is 7. The van der Waals surface area contributed by atoms with Gasteiger partial charge in [0.25, 0.3) is 0 Å². The van der Waals surface area contributed by atoms with Crippen LogP contribution in [0.4, 0.5) is 0 Å². The fourth-order valence-corrected chi connectivity index (χ4v) is 4.58. The minimum Gasteiger partial charge on any atom is -0.477 e. The molecule has 3 aromatic rings. The number of nitrogens with zero attached hydrogens (tertiary/aromatic N) is 3. The van der Waals surface area contributed by atoms with Gasteiger partial charge in [-0.05, 0) is 49.1 Å². The lowest BCUT2D eigenvalue weighted by Gasteiger charge is -2.33. The van der Waals surface area contributed by atoms with E-state index in [1.54, 1.807) is 6.20 Å². The number of fused-ring (bicyclic) bond motifs is 1. The molecule has 0 unspecified atom stereocenters. The van der Waals surface area contributed by atoms with Crippen molar-refractivity contribution in [1.82, 2.24) is 14.9 Å². The van der Waals surface area contributed by atoms with E-state index >= 15 is 0 Å². The van der Waals surface area contributed by atoms with E-state index in [9.17, 15) is 0 Å². The molecular weight excluding hydrogens is 378 g/mol. The Hall–Kier alpha value is -2.37. The zero-order valence-electron chi connectivity index (χ0n) is 17.0. The summed E-state index contributed by atoms with van der Waals surface area (Å²) in [5.41, 5.74) is 5.25. The summed E-state index contributed by atoms with van der Waals surface area (Å²) in [6, 6.07) is 17.8. The molecule has 2 heterocycles. The zero-order valence-corrected chi connectivity index (χ0v) is 17.9. The molecule has 0 spiro atoms. The molecular formula is C24H27N3OS. The molecule has 1 aromatic heterocycles. The molecule has 0 saturated carbocycles. The van der Waals surface area contributed by atoms with Gasteiger partial charge in [0, 0.05) is 23.7 Å². The summed E-state index contributed by atoms with van der Waals surface area (Å²) in [7, 11) is 0. The van der Waals surface area contributed by atoms with Crippen molar-refractivity contribution in [2.75, 3.05) is 13.2 Å². The molecule has 29 heavy (non-hydrogen) atoms. The van der Waals surface area contributed by atoms with Crippen LogP contribution in [0.5, 0.6) is 5.88 Å². The van der Waals surface area contributed by atoms with E-state index in [0.717, 1.165) is 31.0 Å². The Morgan fingerprint density at radius 1 is 1.07 bits per heavy atom. The van der Waals surface area contributed by atoms with Crippen molar-refractivity contribution in [1.29, 1.82) is 0 Å². The van der Waals surface area contributed by atoms with E-state index in [0.29, 0.717) is 12.5 Å². The molecule has 0 fully saturated rings. The first-order chi connectivity index (χ1) is 14.2. The summed E-state index contributed by atoms with van der Waals surface area (Å²) in [4.78, 5) is 12.8. The van der Waals surface area contributed by atoms with Crippen molar-refractivity contribution in [3.63, 3.8) is 0 Å². The van der Waals surface area contributed by atoms with Gasteiger partial charge in [0.15, 0.2) is 0 Å². The van der Waals surface area contributed by atoms with Crippen molar-refractivity contribution in [2.45, 2.75) is 43.5 Å². The molecule has 0 amide bonds. The predicted octanol–water partition coefficient (Wildman–Crippen LogP) is 5.29. The predicted molar refractivity (Wildman–Crippen MR) is 118 cm³/mol. The number of aromatic nitrogens is 2. The molecule has 1 aliphatic heterocycles. The monoisotopic (exact) mass is 405 g/mol. The Labute approximate surface area is 177 Å². The van der Waals surface area contributed by atoms with Crippen molar-refractivity contribution in [3.8, 4) is 5.88 Å². The quantitative estimate of drug-likeness (QED) is 0.500. The molecule has 5 heteroatoms. The van der Waals surface area contributed by atoms with Gasteiger partial charge in [-0.25, -0.2) is 4.98 Å². The summed E-state index contributed by atoms with van der Waals surface area (Å²) < 4.78 is 5.41. The SMILES string of the molecule is CCOc1cnc([C@@H](C)N2CCc3ccc(SCc4ccccc4)cc3C2)cn1. The highest BCUT2D eigenvalue weighted by Gasteiger charge is 2.23. The summed E-state index contributed by atoms with van der Waals surface area (Å²) in [6.07, 6.45) is 4.65. The second kappa shape index (κ2) is 9.42. The van der Waals surface area contributed by atoms with Crippen LogP contribution in [0.15, 0.2) is 65.8 Å². The van der Waals surface area contributed by atoms with Gasteiger partial charge in [-0.3, -0.25) is 9.88 Å². The van der Waals surface area contributed by atoms with Crippen molar-refractivity contribution in [3.05, 3.63) is 83.3 Å². The Kier molecular flexibility index (Phi) is 6.47. The summed E-state index contributed by atoms with van der Waals surface area (Å²) >= 11 is 1.90. The zero-order chi connectivity index (χ0) is 20.1. The van der Waals surface area contributed by atoms with Gasteiger partial charge in [0.1, 0.15) is 0 Å². The van der Waals surface area contributed by atoms with Crippen LogP contribution in [0.1, 0.15) is 42.3 Å². The average Bonchev–Trinajstić information content (AvgIpc) is 2.78. The summed E-state index contributed by atoms with van der Waals surface area (Å²) in [6.45, 7) is 6.76. The van der Waals surface area contributed by atoms with Crippen LogP contribution in [0, 0.1) is 0 Å². The van der Waals surface area contributed by atoms with Gasteiger partial charge in [0.05, 0.1) is 30.7 Å². The van der Waals surface area contributed by atoms with Crippen molar-refractivity contribution < 1.29 is 4.74 Å². The molecule has 4 nitrogen and oxygen atoms in total. The maximum atomic E-state index is 5.41. The molecule has 0 saturated heterocycles. The van der Waals surface area contributed by atoms with Gasteiger partial charge >= 0.3 is 0 Å². The van der Waals surface area contributed by atoms with E-state index in [1.165, 1.54) is 21.6 Å². The van der Waals surface area contributed by atoms with Crippen LogP contribution in [-0.4, -0.2) is 28.0 Å². The fraction of sp³-hybridized carbons (Fsp3) is 0.333. The summed E-state index contributed by atoms with van der Waals surface area (Å²) in [5.74, 6) is 1.59. The normalized spacial score (nSPS) is 15.0. The van der Waals surface area contributed by atoms with Crippen LogP contribution >= 0.6 is 11.8 Å². The largest absolute Gasteiger partial charge is 0.477 e. The molecule has 150 valence electrons.